The number of hydrogen-bond acceptors (Lipinski definition) is 6. The molecule has 134 valence electrons. The fourth-order valence-electron chi connectivity index (χ4n) is 2.48. The molecule has 0 saturated carbocycles. The molecule has 27 heavy (non-hydrogen) atoms. The van der Waals surface area contributed by atoms with Gasteiger partial charge in [-0.25, -0.2) is 4.98 Å². The van der Waals surface area contributed by atoms with Crippen molar-refractivity contribution < 1.29 is 0 Å². The first kappa shape index (κ1) is 17.4. The summed E-state index contributed by atoms with van der Waals surface area (Å²) in [5.74, 6) is 0.658. The number of halogens is 1. The number of nitrogens with one attached hydrogen (secondary N) is 1. The van der Waals surface area contributed by atoms with Crippen molar-refractivity contribution in [2.24, 2.45) is 5.10 Å². The third-order valence-electron chi connectivity index (χ3n) is 3.86. The Balaban J connectivity index is 1.57. The van der Waals surface area contributed by atoms with Gasteiger partial charge in [0, 0.05) is 11.3 Å². The van der Waals surface area contributed by atoms with Gasteiger partial charge in [-0.2, -0.15) is 9.78 Å². The van der Waals surface area contributed by atoms with Crippen LogP contribution in [0.15, 0.2) is 66.0 Å². The Morgan fingerprint density at radius 3 is 2.70 bits per heavy atom. The SMILES string of the molecule is Cc1ccccc1Nc1nc(Cl)c(/C=N/n2cnnc2-c2ccccc2)s1. The number of thiazole rings is 1. The average Bonchev–Trinajstić information content (AvgIpc) is 3.29. The maximum atomic E-state index is 6.28. The van der Waals surface area contributed by atoms with Crippen LogP contribution in [0.4, 0.5) is 10.8 Å². The molecular weight excluding hydrogens is 380 g/mol. The van der Waals surface area contributed by atoms with E-state index in [9.17, 15) is 0 Å². The number of aromatic nitrogens is 4. The quantitative estimate of drug-likeness (QED) is 0.484. The second kappa shape index (κ2) is 7.69. The van der Waals surface area contributed by atoms with Crippen molar-refractivity contribution in [3.63, 3.8) is 0 Å². The van der Waals surface area contributed by atoms with E-state index in [2.05, 4.69) is 25.6 Å². The van der Waals surface area contributed by atoms with Crippen molar-refractivity contribution in [3.05, 3.63) is 76.5 Å². The summed E-state index contributed by atoms with van der Waals surface area (Å²) in [5.41, 5.74) is 3.07. The molecule has 0 amide bonds. The van der Waals surface area contributed by atoms with Crippen LogP contribution in [0.5, 0.6) is 0 Å². The fraction of sp³-hybridized carbons (Fsp3) is 0.0526. The van der Waals surface area contributed by atoms with Gasteiger partial charge in [0.15, 0.2) is 16.1 Å². The van der Waals surface area contributed by atoms with Crippen molar-refractivity contribution >= 4 is 40.0 Å². The molecule has 1 N–H and O–H groups in total. The van der Waals surface area contributed by atoms with Gasteiger partial charge < -0.3 is 5.32 Å². The summed E-state index contributed by atoms with van der Waals surface area (Å²) in [6, 6.07) is 17.8. The van der Waals surface area contributed by atoms with Gasteiger partial charge in [-0.15, -0.1) is 10.2 Å². The van der Waals surface area contributed by atoms with E-state index in [0.717, 1.165) is 21.7 Å². The number of hydrogen-bond donors (Lipinski definition) is 1. The number of para-hydroxylation sites is 1. The first-order chi connectivity index (χ1) is 13.2. The molecule has 0 radical (unpaired) electrons. The summed E-state index contributed by atoms with van der Waals surface area (Å²) in [5, 5.41) is 16.9. The van der Waals surface area contributed by atoms with E-state index in [1.165, 1.54) is 11.3 Å². The minimum absolute atomic E-state index is 0.397. The highest BCUT2D eigenvalue weighted by molar-refractivity contribution is 7.17. The summed E-state index contributed by atoms with van der Waals surface area (Å²) >= 11 is 7.70. The largest absolute Gasteiger partial charge is 0.331 e. The van der Waals surface area contributed by atoms with E-state index < -0.39 is 0 Å². The number of rotatable bonds is 5. The predicted octanol–water partition coefficient (Wildman–Crippen LogP) is 4.99. The number of anilines is 2. The normalized spacial score (nSPS) is 11.2. The van der Waals surface area contributed by atoms with Crippen LogP contribution in [-0.4, -0.2) is 26.1 Å². The van der Waals surface area contributed by atoms with Crippen LogP contribution >= 0.6 is 22.9 Å². The molecule has 0 unspecified atom stereocenters. The lowest BCUT2D eigenvalue weighted by Gasteiger charge is -2.05. The highest BCUT2D eigenvalue weighted by Crippen LogP contribution is 2.29. The molecule has 0 bridgehead atoms. The van der Waals surface area contributed by atoms with E-state index in [1.54, 1.807) is 17.2 Å². The Morgan fingerprint density at radius 2 is 1.89 bits per heavy atom. The maximum absolute atomic E-state index is 6.28. The van der Waals surface area contributed by atoms with Crippen LogP contribution < -0.4 is 5.32 Å². The maximum Gasteiger partial charge on any atom is 0.189 e. The Labute approximate surface area is 165 Å². The van der Waals surface area contributed by atoms with Gasteiger partial charge in [-0.1, -0.05) is 71.5 Å². The van der Waals surface area contributed by atoms with Crippen molar-refractivity contribution in [3.8, 4) is 11.4 Å². The van der Waals surface area contributed by atoms with Gasteiger partial charge in [0.25, 0.3) is 0 Å². The molecule has 4 rings (SSSR count). The third-order valence-corrected chi connectivity index (χ3v) is 5.16. The lowest BCUT2D eigenvalue weighted by molar-refractivity contribution is 0.888. The first-order valence-electron chi connectivity index (χ1n) is 8.19. The Kier molecular flexibility index (Phi) is 4.95. The molecule has 0 aliphatic heterocycles. The topological polar surface area (TPSA) is 68.0 Å². The van der Waals surface area contributed by atoms with Crippen molar-refractivity contribution in [1.29, 1.82) is 0 Å². The Bertz CT molecular complexity index is 1090. The highest BCUT2D eigenvalue weighted by Gasteiger charge is 2.10. The molecule has 2 heterocycles. The van der Waals surface area contributed by atoms with Gasteiger partial charge in [-0.05, 0) is 18.6 Å². The predicted molar refractivity (Wildman–Crippen MR) is 110 cm³/mol. The molecule has 2 aromatic carbocycles. The van der Waals surface area contributed by atoms with Crippen molar-refractivity contribution in [2.45, 2.75) is 6.92 Å². The zero-order valence-electron chi connectivity index (χ0n) is 14.4. The third kappa shape index (κ3) is 3.89. The molecule has 6 nitrogen and oxygen atoms in total. The van der Waals surface area contributed by atoms with E-state index in [-0.39, 0.29) is 0 Å². The van der Waals surface area contributed by atoms with Gasteiger partial charge in [-0.3, -0.25) is 0 Å². The van der Waals surface area contributed by atoms with Crippen LogP contribution in [0.3, 0.4) is 0 Å². The molecule has 0 atom stereocenters. The zero-order chi connectivity index (χ0) is 18.6. The molecule has 8 heteroatoms. The lowest BCUT2D eigenvalue weighted by Crippen LogP contribution is -1.92. The molecule has 0 saturated heterocycles. The van der Waals surface area contributed by atoms with E-state index in [1.807, 2.05) is 61.5 Å². The Morgan fingerprint density at radius 1 is 1.11 bits per heavy atom. The molecule has 0 aliphatic rings. The van der Waals surface area contributed by atoms with Crippen LogP contribution in [0.25, 0.3) is 11.4 Å². The smallest absolute Gasteiger partial charge is 0.189 e. The minimum Gasteiger partial charge on any atom is -0.331 e. The highest BCUT2D eigenvalue weighted by atomic mass is 35.5. The lowest BCUT2D eigenvalue weighted by atomic mass is 10.2. The van der Waals surface area contributed by atoms with Crippen molar-refractivity contribution in [1.82, 2.24) is 19.9 Å². The second-order valence-electron chi connectivity index (χ2n) is 5.72. The average molecular weight is 395 g/mol. The molecule has 0 spiro atoms. The van der Waals surface area contributed by atoms with Crippen molar-refractivity contribution in [2.75, 3.05) is 5.32 Å². The van der Waals surface area contributed by atoms with Gasteiger partial charge in [0.05, 0.1) is 11.1 Å². The van der Waals surface area contributed by atoms with E-state index in [0.29, 0.717) is 16.1 Å². The summed E-state index contributed by atoms with van der Waals surface area (Å²) < 4.78 is 1.61. The van der Waals surface area contributed by atoms with Crippen LogP contribution in [0, 0.1) is 6.92 Å². The molecule has 0 aliphatic carbocycles. The Hall–Kier alpha value is -3.03. The molecular formula is C19H15ClN6S. The zero-order valence-corrected chi connectivity index (χ0v) is 15.9. The van der Waals surface area contributed by atoms with Gasteiger partial charge >= 0.3 is 0 Å². The molecule has 4 aromatic rings. The second-order valence-corrected chi connectivity index (χ2v) is 7.11. The standard InChI is InChI=1S/C19H15ClN6S/c1-13-7-5-6-10-15(13)23-19-24-17(20)16(27-19)11-22-26-12-21-25-18(26)14-8-3-2-4-9-14/h2-12H,1H3,(H,23,24)/b22-11+. The van der Waals surface area contributed by atoms with E-state index in [4.69, 9.17) is 11.6 Å². The van der Waals surface area contributed by atoms with Gasteiger partial charge in [0.2, 0.25) is 0 Å². The monoisotopic (exact) mass is 394 g/mol. The molecule has 0 fully saturated rings. The number of aryl methyl sites for hydroxylation is 1. The summed E-state index contributed by atoms with van der Waals surface area (Å²) in [4.78, 5) is 5.12. The van der Waals surface area contributed by atoms with Gasteiger partial charge in [0.1, 0.15) is 6.33 Å². The number of nitrogens with zero attached hydrogens (tertiary/aromatic N) is 5. The molecule has 2 aromatic heterocycles. The summed E-state index contributed by atoms with van der Waals surface area (Å²) in [6.07, 6.45) is 3.22. The number of benzene rings is 2. The van der Waals surface area contributed by atoms with Crippen LogP contribution in [-0.2, 0) is 0 Å². The minimum atomic E-state index is 0.397. The van der Waals surface area contributed by atoms with Crippen LogP contribution in [0.1, 0.15) is 10.4 Å². The first-order valence-corrected chi connectivity index (χ1v) is 9.39. The van der Waals surface area contributed by atoms with Crippen LogP contribution in [0.2, 0.25) is 5.15 Å². The summed E-state index contributed by atoms with van der Waals surface area (Å²) in [6.45, 7) is 2.04. The fourth-order valence-corrected chi connectivity index (χ4v) is 3.52. The summed E-state index contributed by atoms with van der Waals surface area (Å²) in [7, 11) is 0. The van der Waals surface area contributed by atoms with E-state index >= 15 is 0 Å².